The van der Waals surface area contributed by atoms with Gasteiger partial charge in [-0.05, 0) is 39.1 Å². The predicted octanol–water partition coefficient (Wildman–Crippen LogP) is 3.20. The number of para-hydroxylation sites is 1. The molecule has 4 nitrogen and oxygen atoms in total. The predicted molar refractivity (Wildman–Crippen MR) is 83.2 cm³/mol. The number of nitrogens with one attached hydrogen (secondary N) is 1. The van der Waals surface area contributed by atoms with E-state index in [1.54, 1.807) is 6.07 Å². The van der Waals surface area contributed by atoms with E-state index in [0.717, 1.165) is 18.2 Å². The van der Waals surface area contributed by atoms with Gasteiger partial charge in [-0.25, -0.2) is 9.82 Å². The molecule has 21 heavy (non-hydrogen) atoms. The molecule has 0 fully saturated rings. The van der Waals surface area contributed by atoms with E-state index in [2.05, 4.69) is 24.2 Å². The molecule has 1 atom stereocenters. The van der Waals surface area contributed by atoms with Gasteiger partial charge < -0.3 is 9.32 Å². The molecule has 1 aromatic heterocycles. The molecule has 0 spiro atoms. The SMILES string of the molecule is CCC(CC)(C(NN)c1cc2cccc(F)c2o1)N(C)C. The normalized spacial score (nSPS) is 14.0. The van der Waals surface area contributed by atoms with E-state index in [1.165, 1.54) is 6.07 Å². The van der Waals surface area contributed by atoms with Crippen molar-refractivity contribution in [2.24, 2.45) is 5.84 Å². The number of fused-ring (bicyclic) bond motifs is 1. The third-order valence-corrected chi connectivity index (χ3v) is 4.62. The lowest BCUT2D eigenvalue weighted by atomic mass is 9.82. The van der Waals surface area contributed by atoms with E-state index in [9.17, 15) is 4.39 Å². The van der Waals surface area contributed by atoms with Crippen molar-refractivity contribution < 1.29 is 8.81 Å². The monoisotopic (exact) mass is 293 g/mol. The number of hydrazine groups is 1. The first-order chi connectivity index (χ1) is 10.00. The lowest BCUT2D eigenvalue weighted by molar-refractivity contribution is 0.0786. The molecule has 0 saturated heterocycles. The van der Waals surface area contributed by atoms with Crippen LogP contribution in [-0.2, 0) is 0 Å². The van der Waals surface area contributed by atoms with Crippen molar-refractivity contribution in [3.63, 3.8) is 0 Å². The molecule has 0 bridgehead atoms. The highest BCUT2D eigenvalue weighted by atomic mass is 19.1. The molecule has 1 aromatic carbocycles. The summed E-state index contributed by atoms with van der Waals surface area (Å²) in [5, 5.41) is 0.755. The topological polar surface area (TPSA) is 54.4 Å². The Morgan fingerprint density at radius 1 is 1.33 bits per heavy atom. The average Bonchev–Trinajstić information content (AvgIpc) is 2.89. The van der Waals surface area contributed by atoms with Gasteiger partial charge in [0.05, 0.1) is 6.04 Å². The van der Waals surface area contributed by atoms with Crippen LogP contribution in [0, 0.1) is 5.82 Å². The molecule has 0 radical (unpaired) electrons. The zero-order valence-corrected chi connectivity index (χ0v) is 13.1. The van der Waals surface area contributed by atoms with Crippen LogP contribution in [0.4, 0.5) is 4.39 Å². The molecule has 1 heterocycles. The van der Waals surface area contributed by atoms with Gasteiger partial charge >= 0.3 is 0 Å². The van der Waals surface area contributed by atoms with Gasteiger partial charge in [-0.15, -0.1) is 0 Å². The van der Waals surface area contributed by atoms with Crippen molar-refractivity contribution in [1.29, 1.82) is 0 Å². The van der Waals surface area contributed by atoms with E-state index >= 15 is 0 Å². The average molecular weight is 293 g/mol. The highest BCUT2D eigenvalue weighted by Crippen LogP contribution is 2.38. The van der Waals surface area contributed by atoms with Crippen LogP contribution < -0.4 is 11.3 Å². The third-order valence-electron chi connectivity index (χ3n) is 4.62. The van der Waals surface area contributed by atoms with Crippen molar-refractivity contribution in [2.45, 2.75) is 38.3 Å². The Morgan fingerprint density at radius 2 is 2.00 bits per heavy atom. The molecular weight excluding hydrogens is 269 g/mol. The summed E-state index contributed by atoms with van der Waals surface area (Å²) in [6, 6.07) is 6.58. The lowest BCUT2D eigenvalue weighted by Gasteiger charge is -2.43. The van der Waals surface area contributed by atoms with Crippen molar-refractivity contribution in [2.75, 3.05) is 14.1 Å². The summed E-state index contributed by atoms with van der Waals surface area (Å²) in [6.07, 6.45) is 1.79. The van der Waals surface area contributed by atoms with Crippen molar-refractivity contribution in [1.82, 2.24) is 10.3 Å². The molecule has 2 rings (SSSR count). The van der Waals surface area contributed by atoms with Gasteiger partial charge in [0.1, 0.15) is 5.76 Å². The summed E-state index contributed by atoms with van der Waals surface area (Å²) in [7, 11) is 4.06. The summed E-state index contributed by atoms with van der Waals surface area (Å²) >= 11 is 0. The number of hydrogen-bond donors (Lipinski definition) is 2. The van der Waals surface area contributed by atoms with Crippen LogP contribution in [0.1, 0.15) is 38.5 Å². The molecule has 0 saturated carbocycles. The molecule has 0 amide bonds. The quantitative estimate of drug-likeness (QED) is 0.634. The fourth-order valence-corrected chi connectivity index (χ4v) is 3.24. The molecule has 2 aromatic rings. The summed E-state index contributed by atoms with van der Waals surface area (Å²) in [5.74, 6) is 6.12. The lowest BCUT2D eigenvalue weighted by Crippen LogP contribution is -2.54. The van der Waals surface area contributed by atoms with Crippen molar-refractivity contribution >= 4 is 11.0 Å². The number of hydrogen-bond acceptors (Lipinski definition) is 4. The fourth-order valence-electron chi connectivity index (χ4n) is 3.24. The summed E-state index contributed by atoms with van der Waals surface area (Å²) in [4.78, 5) is 2.15. The fraction of sp³-hybridized carbons (Fsp3) is 0.500. The van der Waals surface area contributed by atoms with Crippen LogP contribution in [0.15, 0.2) is 28.7 Å². The first-order valence-corrected chi connectivity index (χ1v) is 7.31. The van der Waals surface area contributed by atoms with Crippen LogP contribution in [-0.4, -0.2) is 24.5 Å². The number of benzene rings is 1. The Hall–Kier alpha value is -1.43. The maximum atomic E-state index is 13.8. The molecule has 5 heteroatoms. The van der Waals surface area contributed by atoms with Crippen LogP contribution in [0.5, 0.6) is 0 Å². The van der Waals surface area contributed by atoms with Crippen molar-refractivity contribution in [3.8, 4) is 0 Å². The molecule has 0 aliphatic rings. The van der Waals surface area contributed by atoms with Gasteiger partial charge in [0.25, 0.3) is 0 Å². The van der Waals surface area contributed by atoms with E-state index in [4.69, 9.17) is 10.3 Å². The van der Waals surface area contributed by atoms with Gasteiger partial charge in [-0.3, -0.25) is 5.84 Å². The van der Waals surface area contributed by atoms with Crippen LogP contribution in [0.2, 0.25) is 0 Å². The van der Waals surface area contributed by atoms with Gasteiger partial charge in [-0.2, -0.15) is 0 Å². The minimum absolute atomic E-state index is 0.195. The van der Waals surface area contributed by atoms with Gasteiger partial charge in [-0.1, -0.05) is 26.0 Å². The minimum Gasteiger partial charge on any atom is -0.456 e. The Balaban J connectivity index is 2.55. The van der Waals surface area contributed by atoms with E-state index in [-0.39, 0.29) is 23.0 Å². The second-order valence-electron chi connectivity index (χ2n) is 5.61. The standard InChI is InChI=1S/C16H24FN3O/c1-5-16(6-2,20(3)4)15(19-18)13-10-11-8-7-9-12(17)14(11)21-13/h7-10,15,19H,5-6,18H2,1-4H3. The highest BCUT2D eigenvalue weighted by molar-refractivity contribution is 5.78. The van der Waals surface area contributed by atoms with E-state index in [0.29, 0.717) is 5.76 Å². The molecule has 0 aliphatic heterocycles. The maximum absolute atomic E-state index is 13.8. The Morgan fingerprint density at radius 3 is 2.48 bits per heavy atom. The second-order valence-corrected chi connectivity index (χ2v) is 5.61. The molecule has 116 valence electrons. The van der Waals surface area contributed by atoms with Gasteiger partial charge in [0, 0.05) is 10.9 Å². The highest BCUT2D eigenvalue weighted by Gasteiger charge is 2.40. The Labute approximate surface area is 125 Å². The largest absolute Gasteiger partial charge is 0.456 e. The summed E-state index contributed by atoms with van der Waals surface area (Å²) in [6.45, 7) is 4.24. The maximum Gasteiger partial charge on any atom is 0.169 e. The number of rotatable bonds is 6. The summed E-state index contributed by atoms with van der Waals surface area (Å²) in [5.41, 5.74) is 2.95. The smallest absolute Gasteiger partial charge is 0.169 e. The first kappa shape index (κ1) is 15.9. The van der Waals surface area contributed by atoms with Crippen LogP contribution in [0.3, 0.4) is 0 Å². The number of nitrogens with two attached hydrogens (primary N) is 1. The van der Waals surface area contributed by atoms with E-state index in [1.807, 2.05) is 26.2 Å². The van der Waals surface area contributed by atoms with Gasteiger partial charge in [0.2, 0.25) is 0 Å². The number of halogens is 1. The zero-order valence-electron chi connectivity index (χ0n) is 13.1. The van der Waals surface area contributed by atoms with Crippen LogP contribution >= 0.6 is 0 Å². The second kappa shape index (κ2) is 6.13. The number of nitrogens with zero attached hydrogens (tertiary/aromatic N) is 1. The molecule has 3 N–H and O–H groups in total. The Kier molecular flexibility index (Phi) is 4.66. The Bertz CT molecular complexity index is 605. The minimum atomic E-state index is -0.349. The number of likely N-dealkylation sites (N-methyl/N-ethyl adjacent to an activating group) is 1. The molecular formula is C16H24FN3O. The number of furan rings is 1. The van der Waals surface area contributed by atoms with Gasteiger partial charge in [0.15, 0.2) is 11.4 Å². The molecule has 0 aliphatic carbocycles. The molecule has 1 unspecified atom stereocenters. The summed E-state index contributed by atoms with van der Waals surface area (Å²) < 4.78 is 19.6. The van der Waals surface area contributed by atoms with Crippen LogP contribution in [0.25, 0.3) is 11.0 Å². The van der Waals surface area contributed by atoms with Crippen molar-refractivity contribution in [3.05, 3.63) is 35.8 Å². The van der Waals surface area contributed by atoms with E-state index < -0.39 is 0 Å². The zero-order chi connectivity index (χ0) is 15.6. The third kappa shape index (κ3) is 2.57. The first-order valence-electron chi connectivity index (χ1n) is 7.31.